The number of fused-ring (bicyclic) bond motifs is 1. The van der Waals surface area contributed by atoms with Crippen LogP contribution in [0.4, 0.5) is 0 Å². The highest BCUT2D eigenvalue weighted by atomic mass is 79.9. The van der Waals surface area contributed by atoms with Gasteiger partial charge in [0.05, 0.1) is 5.69 Å². The summed E-state index contributed by atoms with van der Waals surface area (Å²) in [7, 11) is 0. The molecule has 12 heavy (non-hydrogen) atoms. The zero-order chi connectivity index (χ0) is 8.55. The molecule has 0 fully saturated rings. The maximum Gasteiger partial charge on any atom is 0.166 e. The fourth-order valence-corrected chi connectivity index (χ4v) is 1.61. The van der Waals surface area contributed by atoms with E-state index >= 15 is 0 Å². The van der Waals surface area contributed by atoms with E-state index in [2.05, 4.69) is 20.9 Å². The number of benzene rings is 1. The molecule has 2 nitrogen and oxygen atoms in total. The maximum absolute atomic E-state index is 10.5. The van der Waals surface area contributed by atoms with Crippen molar-refractivity contribution in [1.82, 2.24) is 4.98 Å². The van der Waals surface area contributed by atoms with E-state index in [9.17, 15) is 4.79 Å². The number of carbonyl (C=O) groups is 1. The lowest BCUT2D eigenvalue weighted by Gasteiger charge is -1.90. The second kappa shape index (κ2) is 2.75. The van der Waals surface area contributed by atoms with Crippen LogP contribution in [-0.4, -0.2) is 11.3 Å². The molecule has 0 spiro atoms. The average Bonchev–Trinajstić information content (AvgIpc) is 2.46. The third-order valence-corrected chi connectivity index (χ3v) is 2.30. The number of carbonyl (C=O) groups excluding carboxylic acids is 1. The molecule has 1 aromatic carbocycles. The Morgan fingerprint density at radius 1 is 1.42 bits per heavy atom. The van der Waals surface area contributed by atoms with Crippen molar-refractivity contribution in [3.8, 4) is 0 Å². The van der Waals surface area contributed by atoms with Gasteiger partial charge in [0.15, 0.2) is 6.29 Å². The smallest absolute Gasteiger partial charge is 0.166 e. The molecule has 2 aromatic rings. The van der Waals surface area contributed by atoms with Gasteiger partial charge in [0.2, 0.25) is 0 Å². The first-order valence-electron chi connectivity index (χ1n) is 3.53. The van der Waals surface area contributed by atoms with Crippen LogP contribution >= 0.6 is 15.9 Å². The van der Waals surface area contributed by atoms with Crippen LogP contribution in [0.1, 0.15) is 10.5 Å². The zero-order valence-electron chi connectivity index (χ0n) is 6.17. The molecule has 0 atom stereocenters. The van der Waals surface area contributed by atoms with E-state index in [4.69, 9.17) is 0 Å². The van der Waals surface area contributed by atoms with Crippen molar-refractivity contribution in [2.45, 2.75) is 0 Å². The van der Waals surface area contributed by atoms with Gasteiger partial charge in [-0.1, -0.05) is 22.0 Å². The minimum Gasteiger partial charge on any atom is -0.358 e. The van der Waals surface area contributed by atoms with Gasteiger partial charge in [-0.2, -0.15) is 0 Å². The summed E-state index contributed by atoms with van der Waals surface area (Å²) < 4.78 is 1.02. The lowest BCUT2D eigenvalue weighted by Crippen LogP contribution is -1.77. The van der Waals surface area contributed by atoms with Crippen LogP contribution in [0.5, 0.6) is 0 Å². The molecule has 1 heterocycles. The molecule has 0 aliphatic carbocycles. The highest BCUT2D eigenvalue weighted by molar-refractivity contribution is 9.10. The van der Waals surface area contributed by atoms with E-state index in [1.807, 2.05) is 24.4 Å². The summed E-state index contributed by atoms with van der Waals surface area (Å²) in [4.78, 5) is 13.4. The molecule has 0 aliphatic heterocycles. The van der Waals surface area contributed by atoms with Crippen molar-refractivity contribution < 1.29 is 4.79 Å². The molecule has 0 saturated carbocycles. The van der Waals surface area contributed by atoms with Crippen LogP contribution in [0, 0.1) is 0 Å². The van der Waals surface area contributed by atoms with E-state index in [1.54, 1.807) is 0 Å². The number of nitrogens with one attached hydrogen (secondary N) is 1. The summed E-state index contributed by atoms with van der Waals surface area (Å²) in [5, 5.41) is 2.01. The van der Waals surface area contributed by atoms with Crippen molar-refractivity contribution in [3.05, 3.63) is 34.6 Å². The van der Waals surface area contributed by atoms with Crippen molar-refractivity contribution in [1.29, 1.82) is 0 Å². The van der Waals surface area contributed by atoms with Crippen LogP contribution in [0.3, 0.4) is 0 Å². The van der Waals surface area contributed by atoms with Crippen LogP contribution in [0.15, 0.2) is 28.9 Å². The van der Waals surface area contributed by atoms with Gasteiger partial charge in [-0.25, -0.2) is 0 Å². The first-order valence-corrected chi connectivity index (χ1v) is 4.32. The Hall–Kier alpha value is -1.09. The molecule has 0 unspecified atom stereocenters. The standard InChI is InChI=1S/C9H6BrNO/c10-7-1-2-8-6(3-7)4-11-9(8)5-12/h1-5,11H. The van der Waals surface area contributed by atoms with Gasteiger partial charge in [-0.15, -0.1) is 0 Å². The van der Waals surface area contributed by atoms with Crippen LogP contribution in [0.25, 0.3) is 10.8 Å². The van der Waals surface area contributed by atoms with E-state index < -0.39 is 0 Å². The van der Waals surface area contributed by atoms with Gasteiger partial charge in [-0.05, 0) is 12.1 Å². The molecule has 0 saturated heterocycles. The van der Waals surface area contributed by atoms with E-state index in [0.717, 1.165) is 21.5 Å². The third kappa shape index (κ3) is 1.06. The lowest BCUT2D eigenvalue weighted by molar-refractivity contribution is 0.112. The van der Waals surface area contributed by atoms with Crippen molar-refractivity contribution >= 4 is 33.0 Å². The summed E-state index contributed by atoms with van der Waals surface area (Å²) in [5.41, 5.74) is 0.637. The maximum atomic E-state index is 10.5. The SMILES string of the molecule is O=Cc1[nH]cc2cc(Br)ccc12. The van der Waals surface area contributed by atoms with E-state index in [1.165, 1.54) is 0 Å². The van der Waals surface area contributed by atoms with Crippen molar-refractivity contribution in [2.24, 2.45) is 0 Å². The average molecular weight is 224 g/mol. The quantitative estimate of drug-likeness (QED) is 0.742. The Morgan fingerprint density at radius 2 is 2.25 bits per heavy atom. The van der Waals surface area contributed by atoms with Crippen molar-refractivity contribution in [2.75, 3.05) is 0 Å². The predicted molar refractivity (Wildman–Crippen MR) is 51.4 cm³/mol. The number of aldehydes is 1. The van der Waals surface area contributed by atoms with Gasteiger partial charge >= 0.3 is 0 Å². The van der Waals surface area contributed by atoms with Gasteiger partial charge < -0.3 is 4.98 Å². The number of aromatic amines is 1. The Bertz CT molecular complexity index is 433. The number of aromatic nitrogens is 1. The molecule has 0 bridgehead atoms. The summed E-state index contributed by atoms with van der Waals surface area (Å²) in [6.45, 7) is 0. The molecule has 1 N–H and O–H groups in total. The van der Waals surface area contributed by atoms with E-state index in [-0.39, 0.29) is 0 Å². The number of halogens is 1. The van der Waals surface area contributed by atoms with Gasteiger partial charge in [0.1, 0.15) is 0 Å². The van der Waals surface area contributed by atoms with Gasteiger partial charge in [0.25, 0.3) is 0 Å². The summed E-state index contributed by atoms with van der Waals surface area (Å²) in [6, 6.07) is 5.81. The summed E-state index contributed by atoms with van der Waals surface area (Å²) in [6.07, 6.45) is 2.65. The Balaban J connectivity index is 2.81. The highest BCUT2D eigenvalue weighted by Gasteiger charge is 2.01. The first-order chi connectivity index (χ1) is 5.81. The van der Waals surface area contributed by atoms with Crippen LogP contribution in [0.2, 0.25) is 0 Å². The Kier molecular flexibility index (Phi) is 1.73. The Labute approximate surface area is 77.7 Å². The minimum atomic E-state index is 0.637. The van der Waals surface area contributed by atoms with Gasteiger partial charge in [0, 0.05) is 21.4 Å². The largest absolute Gasteiger partial charge is 0.358 e. The lowest BCUT2D eigenvalue weighted by atomic mass is 10.2. The first kappa shape index (κ1) is 7.55. The molecule has 60 valence electrons. The molecular formula is C9H6BrNO. The zero-order valence-corrected chi connectivity index (χ0v) is 7.76. The topological polar surface area (TPSA) is 32.9 Å². The normalized spacial score (nSPS) is 10.4. The summed E-state index contributed by atoms with van der Waals surface area (Å²) in [5.74, 6) is 0. The Morgan fingerprint density at radius 3 is 3.00 bits per heavy atom. The predicted octanol–water partition coefficient (Wildman–Crippen LogP) is 2.74. The van der Waals surface area contributed by atoms with E-state index in [0.29, 0.717) is 5.69 Å². The second-order valence-corrected chi connectivity index (χ2v) is 3.47. The second-order valence-electron chi connectivity index (χ2n) is 2.55. The monoisotopic (exact) mass is 223 g/mol. The number of rotatable bonds is 1. The molecule has 0 aliphatic rings. The minimum absolute atomic E-state index is 0.637. The summed E-state index contributed by atoms with van der Waals surface area (Å²) >= 11 is 3.36. The fraction of sp³-hybridized carbons (Fsp3) is 0. The van der Waals surface area contributed by atoms with Gasteiger partial charge in [-0.3, -0.25) is 4.79 Å². The fourth-order valence-electron chi connectivity index (χ4n) is 1.23. The third-order valence-electron chi connectivity index (χ3n) is 1.80. The van der Waals surface area contributed by atoms with Crippen LogP contribution < -0.4 is 0 Å². The molecule has 0 amide bonds. The molecule has 2 rings (SSSR count). The molecule has 0 radical (unpaired) electrons. The number of hydrogen-bond acceptors (Lipinski definition) is 1. The highest BCUT2D eigenvalue weighted by Crippen LogP contribution is 2.21. The molecule has 3 heteroatoms. The van der Waals surface area contributed by atoms with Crippen molar-refractivity contribution in [3.63, 3.8) is 0 Å². The molecular weight excluding hydrogens is 218 g/mol. The molecule has 1 aromatic heterocycles. The number of hydrogen-bond donors (Lipinski definition) is 1. The number of H-pyrrole nitrogens is 1. The van der Waals surface area contributed by atoms with Crippen LogP contribution in [-0.2, 0) is 0 Å².